The van der Waals surface area contributed by atoms with Crippen molar-refractivity contribution in [2.75, 3.05) is 46.0 Å². The van der Waals surface area contributed by atoms with Gasteiger partial charge in [0.1, 0.15) is 0 Å². The highest BCUT2D eigenvalue weighted by Crippen LogP contribution is 2.17. The molecule has 1 unspecified atom stereocenters. The van der Waals surface area contributed by atoms with Gasteiger partial charge in [-0.25, -0.2) is 0 Å². The van der Waals surface area contributed by atoms with Crippen molar-refractivity contribution in [1.29, 1.82) is 0 Å². The fourth-order valence-corrected chi connectivity index (χ4v) is 3.20. The van der Waals surface area contributed by atoms with Gasteiger partial charge in [0.05, 0.1) is 32.5 Å². The zero-order valence-electron chi connectivity index (χ0n) is 14.6. The molecule has 3 heterocycles. The third-order valence-corrected chi connectivity index (χ3v) is 4.42. The number of hydrogen-bond acceptors (Lipinski definition) is 6. The molecule has 0 N–H and O–H groups in total. The number of rotatable bonds is 5. The Morgan fingerprint density at radius 2 is 2.08 bits per heavy atom. The zero-order chi connectivity index (χ0) is 16.9. The lowest BCUT2D eigenvalue weighted by atomic mass is 10.0. The SMILES string of the molecule is CC(C)CC1CN(C(=O)c2cc(CN3CCOCC3)on2)CCO1. The first-order valence-corrected chi connectivity index (χ1v) is 8.78. The molecule has 0 saturated carbocycles. The van der Waals surface area contributed by atoms with Crippen LogP contribution in [0.25, 0.3) is 0 Å². The van der Waals surface area contributed by atoms with E-state index in [0.717, 1.165) is 38.5 Å². The standard InChI is InChI=1S/C17H27N3O4/c1-13(2)9-14-12-20(5-8-23-14)17(21)16-10-15(24-18-16)11-19-3-6-22-7-4-19/h10,13-14H,3-9,11-12H2,1-2H3. The summed E-state index contributed by atoms with van der Waals surface area (Å²) < 4.78 is 16.5. The van der Waals surface area contributed by atoms with E-state index < -0.39 is 0 Å². The lowest BCUT2D eigenvalue weighted by Crippen LogP contribution is -2.46. The molecule has 7 heteroatoms. The number of hydrogen-bond donors (Lipinski definition) is 0. The van der Waals surface area contributed by atoms with Gasteiger partial charge in [-0.1, -0.05) is 19.0 Å². The van der Waals surface area contributed by atoms with Gasteiger partial charge in [-0.05, 0) is 12.3 Å². The van der Waals surface area contributed by atoms with Crippen LogP contribution in [0, 0.1) is 5.92 Å². The molecule has 1 amide bonds. The van der Waals surface area contributed by atoms with E-state index in [0.29, 0.717) is 37.9 Å². The second kappa shape index (κ2) is 8.09. The number of ether oxygens (including phenoxy) is 2. The van der Waals surface area contributed by atoms with Crippen molar-refractivity contribution < 1.29 is 18.8 Å². The van der Waals surface area contributed by atoms with Crippen LogP contribution in [0.1, 0.15) is 36.5 Å². The van der Waals surface area contributed by atoms with Crippen molar-refractivity contribution in [1.82, 2.24) is 15.0 Å². The normalized spacial score (nSPS) is 23.0. The van der Waals surface area contributed by atoms with Crippen molar-refractivity contribution >= 4 is 5.91 Å². The zero-order valence-corrected chi connectivity index (χ0v) is 14.6. The van der Waals surface area contributed by atoms with Crippen LogP contribution in [0.4, 0.5) is 0 Å². The van der Waals surface area contributed by atoms with Crippen molar-refractivity contribution in [3.63, 3.8) is 0 Å². The molecule has 24 heavy (non-hydrogen) atoms. The summed E-state index contributed by atoms with van der Waals surface area (Å²) in [6.07, 6.45) is 1.08. The van der Waals surface area contributed by atoms with Crippen molar-refractivity contribution in [3.05, 3.63) is 17.5 Å². The van der Waals surface area contributed by atoms with Crippen LogP contribution in [-0.2, 0) is 16.0 Å². The molecule has 1 aromatic heterocycles. The highest BCUT2D eigenvalue weighted by molar-refractivity contribution is 5.92. The summed E-state index contributed by atoms with van der Waals surface area (Å²) in [4.78, 5) is 16.7. The maximum absolute atomic E-state index is 12.7. The Kier molecular flexibility index (Phi) is 5.86. The van der Waals surface area contributed by atoms with Gasteiger partial charge in [0.25, 0.3) is 5.91 Å². The quantitative estimate of drug-likeness (QED) is 0.809. The molecule has 0 spiro atoms. The summed E-state index contributed by atoms with van der Waals surface area (Å²) in [5.41, 5.74) is 0.392. The molecular formula is C17H27N3O4. The molecule has 0 aromatic carbocycles. The third kappa shape index (κ3) is 4.55. The Morgan fingerprint density at radius 3 is 2.83 bits per heavy atom. The fraction of sp³-hybridized carbons (Fsp3) is 0.765. The number of nitrogens with zero attached hydrogens (tertiary/aromatic N) is 3. The van der Waals surface area contributed by atoms with E-state index in [1.165, 1.54) is 0 Å². The molecule has 1 atom stereocenters. The summed E-state index contributed by atoms with van der Waals surface area (Å²) in [5, 5.41) is 3.98. The van der Waals surface area contributed by atoms with Gasteiger partial charge in [0.15, 0.2) is 11.5 Å². The van der Waals surface area contributed by atoms with Gasteiger partial charge in [-0.2, -0.15) is 0 Å². The van der Waals surface area contributed by atoms with Crippen LogP contribution in [0.2, 0.25) is 0 Å². The van der Waals surface area contributed by atoms with Crippen molar-refractivity contribution in [3.8, 4) is 0 Å². The molecule has 2 aliphatic heterocycles. The van der Waals surface area contributed by atoms with Gasteiger partial charge in [-0.15, -0.1) is 0 Å². The number of aromatic nitrogens is 1. The highest BCUT2D eigenvalue weighted by Gasteiger charge is 2.27. The smallest absolute Gasteiger partial charge is 0.276 e. The Balaban J connectivity index is 1.56. The number of morpholine rings is 2. The minimum atomic E-state index is -0.0657. The molecule has 2 saturated heterocycles. The van der Waals surface area contributed by atoms with Crippen LogP contribution in [0.5, 0.6) is 0 Å². The second-order valence-corrected chi connectivity index (χ2v) is 6.94. The average Bonchev–Trinajstić information content (AvgIpc) is 3.03. The first kappa shape index (κ1) is 17.4. The molecule has 3 rings (SSSR count). The van der Waals surface area contributed by atoms with Crippen LogP contribution < -0.4 is 0 Å². The van der Waals surface area contributed by atoms with E-state index in [1.807, 2.05) is 4.90 Å². The molecule has 0 aliphatic carbocycles. The van der Waals surface area contributed by atoms with Gasteiger partial charge in [-0.3, -0.25) is 9.69 Å². The van der Waals surface area contributed by atoms with E-state index in [1.54, 1.807) is 6.07 Å². The van der Waals surface area contributed by atoms with Gasteiger partial charge in [0, 0.05) is 32.2 Å². The summed E-state index contributed by atoms with van der Waals surface area (Å²) in [7, 11) is 0. The highest BCUT2D eigenvalue weighted by atomic mass is 16.5. The monoisotopic (exact) mass is 337 g/mol. The summed E-state index contributed by atoms with van der Waals surface area (Å²) >= 11 is 0. The van der Waals surface area contributed by atoms with Crippen LogP contribution in [0.15, 0.2) is 10.6 Å². The van der Waals surface area contributed by atoms with Gasteiger partial charge < -0.3 is 18.9 Å². The molecule has 1 aromatic rings. The van der Waals surface area contributed by atoms with E-state index in [4.69, 9.17) is 14.0 Å². The summed E-state index contributed by atoms with van der Waals surface area (Å²) in [6.45, 7) is 10.1. The molecule has 7 nitrogen and oxygen atoms in total. The van der Waals surface area contributed by atoms with E-state index in [-0.39, 0.29) is 12.0 Å². The van der Waals surface area contributed by atoms with Crippen LogP contribution >= 0.6 is 0 Å². The summed E-state index contributed by atoms with van der Waals surface area (Å²) in [6, 6.07) is 1.77. The first-order valence-electron chi connectivity index (χ1n) is 8.78. The van der Waals surface area contributed by atoms with Gasteiger partial charge in [0.2, 0.25) is 0 Å². The minimum Gasteiger partial charge on any atom is -0.379 e. The first-order chi connectivity index (χ1) is 11.6. The lowest BCUT2D eigenvalue weighted by molar-refractivity contribution is -0.0300. The lowest BCUT2D eigenvalue weighted by Gasteiger charge is -2.33. The average molecular weight is 337 g/mol. The minimum absolute atomic E-state index is 0.0657. The Hall–Kier alpha value is -1.44. The molecule has 134 valence electrons. The maximum Gasteiger partial charge on any atom is 0.276 e. The van der Waals surface area contributed by atoms with Crippen LogP contribution in [-0.4, -0.2) is 73.0 Å². The summed E-state index contributed by atoms with van der Waals surface area (Å²) in [5.74, 6) is 1.22. The van der Waals surface area contributed by atoms with Crippen molar-refractivity contribution in [2.45, 2.75) is 32.9 Å². The third-order valence-electron chi connectivity index (χ3n) is 4.42. The topological polar surface area (TPSA) is 68.0 Å². The van der Waals surface area contributed by atoms with E-state index in [2.05, 4.69) is 23.9 Å². The fourth-order valence-electron chi connectivity index (χ4n) is 3.20. The van der Waals surface area contributed by atoms with Gasteiger partial charge >= 0.3 is 0 Å². The van der Waals surface area contributed by atoms with Crippen LogP contribution in [0.3, 0.4) is 0 Å². The molecule has 2 aliphatic rings. The Labute approximate surface area is 142 Å². The molecule has 0 bridgehead atoms. The predicted octanol–water partition coefficient (Wildman–Crippen LogP) is 1.39. The molecule has 0 radical (unpaired) electrons. The Morgan fingerprint density at radius 1 is 1.29 bits per heavy atom. The molecular weight excluding hydrogens is 310 g/mol. The Bertz CT molecular complexity index is 540. The maximum atomic E-state index is 12.7. The number of carbonyl (C=O) groups excluding carboxylic acids is 1. The van der Waals surface area contributed by atoms with E-state index in [9.17, 15) is 4.79 Å². The largest absolute Gasteiger partial charge is 0.379 e. The molecule has 2 fully saturated rings. The second-order valence-electron chi connectivity index (χ2n) is 6.94. The van der Waals surface area contributed by atoms with Crippen molar-refractivity contribution in [2.24, 2.45) is 5.92 Å². The predicted molar refractivity (Wildman–Crippen MR) is 87.7 cm³/mol. The number of carbonyl (C=O) groups is 1. The number of amides is 1. The van der Waals surface area contributed by atoms with E-state index >= 15 is 0 Å².